The second-order valence-electron chi connectivity index (χ2n) is 7.08. The first-order valence-corrected chi connectivity index (χ1v) is 11.8. The number of ether oxygens (including phenoxy) is 2. The molecule has 1 saturated heterocycles. The molecule has 2 aromatic rings. The van der Waals surface area contributed by atoms with Gasteiger partial charge in [-0.3, -0.25) is 4.79 Å². The second-order valence-corrected chi connectivity index (χ2v) is 9.02. The number of carbonyl (C=O) groups is 1. The first-order valence-electron chi connectivity index (χ1n) is 10.3. The Morgan fingerprint density at radius 3 is 2.29 bits per heavy atom. The monoisotopic (exact) mass is 447 g/mol. The summed E-state index contributed by atoms with van der Waals surface area (Å²) < 4.78 is 38.7. The minimum Gasteiger partial charge on any atom is -0.497 e. The molecule has 1 fully saturated rings. The molecule has 1 aliphatic heterocycles. The highest BCUT2D eigenvalue weighted by Crippen LogP contribution is 2.30. The van der Waals surface area contributed by atoms with E-state index in [0.29, 0.717) is 44.2 Å². The Hall–Kier alpha value is -2.78. The van der Waals surface area contributed by atoms with Crippen molar-refractivity contribution in [2.24, 2.45) is 0 Å². The van der Waals surface area contributed by atoms with Gasteiger partial charge in [0.25, 0.3) is 0 Å². The van der Waals surface area contributed by atoms with E-state index in [1.807, 2.05) is 31.2 Å². The van der Waals surface area contributed by atoms with Crippen LogP contribution in [0.25, 0.3) is 0 Å². The minimum atomic E-state index is -3.70. The molecule has 1 aliphatic rings. The average Bonchev–Trinajstić information content (AvgIpc) is 2.80. The van der Waals surface area contributed by atoms with Gasteiger partial charge in [-0.15, -0.1) is 0 Å². The van der Waals surface area contributed by atoms with E-state index >= 15 is 0 Å². The fourth-order valence-electron chi connectivity index (χ4n) is 3.42. The van der Waals surface area contributed by atoms with Gasteiger partial charge in [-0.2, -0.15) is 4.31 Å². The van der Waals surface area contributed by atoms with Crippen molar-refractivity contribution in [3.05, 3.63) is 42.5 Å². The Bertz CT molecular complexity index is 1000. The van der Waals surface area contributed by atoms with Crippen LogP contribution in [-0.2, 0) is 14.8 Å². The molecular formula is C22H29N3O5S. The number of amides is 1. The van der Waals surface area contributed by atoms with Crippen LogP contribution in [0.3, 0.4) is 0 Å². The summed E-state index contributed by atoms with van der Waals surface area (Å²) in [7, 11) is -2.07. The van der Waals surface area contributed by atoms with Gasteiger partial charge < -0.3 is 19.7 Å². The Morgan fingerprint density at radius 1 is 1.03 bits per heavy atom. The van der Waals surface area contributed by atoms with Crippen molar-refractivity contribution < 1.29 is 22.7 Å². The highest BCUT2D eigenvalue weighted by molar-refractivity contribution is 7.89. The van der Waals surface area contributed by atoms with Gasteiger partial charge >= 0.3 is 0 Å². The van der Waals surface area contributed by atoms with E-state index in [1.165, 1.54) is 16.4 Å². The van der Waals surface area contributed by atoms with E-state index < -0.39 is 10.0 Å². The molecule has 0 radical (unpaired) electrons. The SMILES string of the molecule is CCOc1ccc(S(=O)(=O)N2CCN(c3ccc(OC)cc3)CC2)cc1NC(=O)CC. The fourth-order valence-corrected chi connectivity index (χ4v) is 4.86. The lowest BCUT2D eigenvalue weighted by Crippen LogP contribution is -2.48. The molecule has 3 rings (SSSR count). The summed E-state index contributed by atoms with van der Waals surface area (Å²) in [5, 5.41) is 2.73. The van der Waals surface area contributed by atoms with Crippen molar-refractivity contribution in [2.75, 3.05) is 50.1 Å². The summed E-state index contributed by atoms with van der Waals surface area (Å²) in [5.41, 5.74) is 1.40. The van der Waals surface area contributed by atoms with Crippen molar-refractivity contribution in [2.45, 2.75) is 25.2 Å². The van der Waals surface area contributed by atoms with Crippen LogP contribution in [-0.4, -0.2) is 58.5 Å². The van der Waals surface area contributed by atoms with Crippen LogP contribution >= 0.6 is 0 Å². The highest BCUT2D eigenvalue weighted by atomic mass is 32.2. The van der Waals surface area contributed by atoms with E-state index in [0.717, 1.165) is 11.4 Å². The summed E-state index contributed by atoms with van der Waals surface area (Å²) in [4.78, 5) is 14.2. The predicted molar refractivity (Wildman–Crippen MR) is 120 cm³/mol. The van der Waals surface area contributed by atoms with Crippen LogP contribution in [0.4, 0.5) is 11.4 Å². The summed E-state index contributed by atoms with van der Waals surface area (Å²) in [6.45, 7) is 5.89. The normalized spacial score (nSPS) is 14.9. The van der Waals surface area contributed by atoms with Gasteiger partial charge in [0.2, 0.25) is 15.9 Å². The maximum atomic E-state index is 13.2. The van der Waals surface area contributed by atoms with Gasteiger partial charge in [0.05, 0.1) is 24.3 Å². The first kappa shape index (κ1) is 22.9. The van der Waals surface area contributed by atoms with E-state index in [2.05, 4.69) is 10.2 Å². The van der Waals surface area contributed by atoms with Crippen molar-refractivity contribution in [3.8, 4) is 11.5 Å². The molecule has 0 spiro atoms. The molecule has 2 aromatic carbocycles. The zero-order chi connectivity index (χ0) is 22.4. The van der Waals surface area contributed by atoms with Crippen LogP contribution < -0.4 is 19.7 Å². The van der Waals surface area contributed by atoms with Crippen LogP contribution in [0.1, 0.15) is 20.3 Å². The molecule has 8 nitrogen and oxygen atoms in total. The number of carbonyl (C=O) groups excluding carboxylic acids is 1. The number of benzene rings is 2. The smallest absolute Gasteiger partial charge is 0.243 e. The lowest BCUT2D eigenvalue weighted by Gasteiger charge is -2.35. The Kier molecular flexibility index (Phi) is 7.40. The summed E-state index contributed by atoms with van der Waals surface area (Å²) in [5.74, 6) is 1.03. The third-order valence-corrected chi connectivity index (χ3v) is 7.05. The van der Waals surface area contributed by atoms with Crippen molar-refractivity contribution in [3.63, 3.8) is 0 Å². The number of nitrogens with zero attached hydrogens (tertiary/aromatic N) is 2. The first-order chi connectivity index (χ1) is 14.9. The maximum absolute atomic E-state index is 13.2. The van der Waals surface area contributed by atoms with Crippen molar-refractivity contribution >= 4 is 27.3 Å². The van der Waals surface area contributed by atoms with Gasteiger partial charge in [-0.05, 0) is 49.4 Å². The number of hydrogen-bond donors (Lipinski definition) is 1. The molecule has 9 heteroatoms. The molecule has 1 N–H and O–H groups in total. The molecule has 0 atom stereocenters. The Labute approximate surface area is 183 Å². The fraction of sp³-hybridized carbons (Fsp3) is 0.409. The number of sulfonamides is 1. The molecular weight excluding hydrogens is 418 g/mol. The second kappa shape index (κ2) is 10.0. The van der Waals surface area contributed by atoms with Gasteiger partial charge in [0.15, 0.2) is 0 Å². The number of piperazine rings is 1. The standard InChI is InChI=1S/C22H29N3O5S/c1-4-22(26)23-20-16-19(10-11-21(20)30-5-2)31(27,28)25-14-12-24(13-15-25)17-6-8-18(29-3)9-7-17/h6-11,16H,4-5,12-15H2,1-3H3,(H,23,26). The number of rotatable bonds is 8. The minimum absolute atomic E-state index is 0.139. The summed E-state index contributed by atoms with van der Waals surface area (Å²) >= 11 is 0. The molecule has 0 bridgehead atoms. The van der Waals surface area contributed by atoms with Crippen molar-refractivity contribution in [1.29, 1.82) is 0 Å². The Balaban J connectivity index is 1.75. The van der Waals surface area contributed by atoms with Crippen LogP contribution in [0.2, 0.25) is 0 Å². The molecule has 168 valence electrons. The summed E-state index contributed by atoms with van der Waals surface area (Å²) in [6.07, 6.45) is 0.288. The van der Waals surface area contributed by atoms with Crippen LogP contribution in [0.5, 0.6) is 11.5 Å². The van der Waals surface area contributed by atoms with Crippen LogP contribution in [0, 0.1) is 0 Å². The highest BCUT2D eigenvalue weighted by Gasteiger charge is 2.29. The molecule has 0 unspecified atom stereocenters. The van der Waals surface area contributed by atoms with Gasteiger partial charge in [-0.25, -0.2) is 8.42 Å². The molecule has 0 aliphatic carbocycles. The number of nitrogens with one attached hydrogen (secondary N) is 1. The molecule has 1 amide bonds. The van der Waals surface area contributed by atoms with Crippen LogP contribution in [0.15, 0.2) is 47.4 Å². The van der Waals surface area contributed by atoms with E-state index in [1.54, 1.807) is 20.1 Å². The molecule has 31 heavy (non-hydrogen) atoms. The topological polar surface area (TPSA) is 88.2 Å². The molecule has 0 aromatic heterocycles. The zero-order valence-electron chi connectivity index (χ0n) is 18.1. The van der Waals surface area contributed by atoms with Gasteiger partial charge in [-0.1, -0.05) is 6.92 Å². The van der Waals surface area contributed by atoms with E-state index in [4.69, 9.17) is 9.47 Å². The van der Waals surface area contributed by atoms with E-state index in [9.17, 15) is 13.2 Å². The summed E-state index contributed by atoms with van der Waals surface area (Å²) in [6, 6.07) is 12.3. The quantitative estimate of drug-likeness (QED) is 0.669. The molecule has 0 saturated carbocycles. The largest absolute Gasteiger partial charge is 0.497 e. The number of anilines is 2. The molecule has 1 heterocycles. The Morgan fingerprint density at radius 2 is 1.71 bits per heavy atom. The lowest BCUT2D eigenvalue weighted by molar-refractivity contribution is -0.115. The maximum Gasteiger partial charge on any atom is 0.243 e. The lowest BCUT2D eigenvalue weighted by atomic mass is 10.2. The third kappa shape index (κ3) is 5.29. The van der Waals surface area contributed by atoms with Gasteiger partial charge in [0.1, 0.15) is 11.5 Å². The average molecular weight is 448 g/mol. The zero-order valence-corrected chi connectivity index (χ0v) is 18.9. The van der Waals surface area contributed by atoms with Gasteiger partial charge in [0, 0.05) is 38.3 Å². The number of hydrogen-bond acceptors (Lipinski definition) is 6. The van der Waals surface area contributed by atoms with E-state index in [-0.39, 0.29) is 17.2 Å². The predicted octanol–water partition coefficient (Wildman–Crippen LogP) is 2.95. The number of methoxy groups -OCH3 is 1. The van der Waals surface area contributed by atoms with Crippen molar-refractivity contribution in [1.82, 2.24) is 4.31 Å². The third-order valence-electron chi connectivity index (χ3n) is 5.16.